The Morgan fingerprint density at radius 3 is 2.84 bits per heavy atom. The molecule has 2 rings (SSSR count). The zero-order chi connectivity index (χ0) is 14.0. The average Bonchev–Trinajstić information content (AvgIpc) is 2.31. The van der Waals surface area contributed by atoms with Gasteiger partial charge in [0, 0.05) is 5.39 Å². The van der Waals surface area contributed by atoms with Gasteiger partial charge >= 0.3 is 5.97 Å². The minimum atomic E-state index is -0.561. The molecule has 2 heterocycles. The molecular formula is C12H14N4O3. The molecule has 7 heteroatoms. The molecule has 2 aromatic heterocycles. The Balaban J connectivity index is 2.34. The maximum atomic E-state index is 11.8. The molecule has 0 amide bonds. The Kier molecular flexibility index (Phi) is 3.28. The molecule has 2 aromatic rings. The minimum Gasteiger partial charge on any atom is -0.460 e. The van der Waals surface area contributed by atoms with Crippen LogP contribution in [0.15, 0.2) is 17.1 Å². The standard InChI is InChI=1S/C12H14N4O3/c1-12(2,3)19-9(17)6-8-7-4-5-13-15-10(7)11(18)16-14-8/h4-5H,6H2,1-3H3,(H,16,18). The van der Waals surface area contributed by atoms with Gasteiger partial charge in [-0.3, -0.25) is 9.59 Å². The zero-order valence-corrected chi connectivity index (χ0v) is 10.9. The molecule has 0 spiro atoms. The number of carbonyl (C=O) groups is 1. The van der Waals surface area contributed by atoms with Crippen molar-refractivity contribution in [2.24, 2.45) is 0 Å². The molecule has 1 N–H and O–H groups in total. The smallest absolute Gasteiger partial charge is 0.312 e. The van der Waals surface area contributed by atoms with Crippen LogP contribution in [-0.4, -0.2) is 32.0 Å². The van der Waals surface area contributed by atoms with E-state index in [1.807, 2.05) is 0 Å². The van der Waals surface area contributed by atoms with E-state index >= 15 is 0 Å². The van der Waals surface area contributed by atoms with Gasteiger partial charge in [-0.15, -0.1) is 5.10 Å². The first kappa shape index (κ1) is 13.1. The van der Waals surface area contributed by atoms with E-state index in [1.54, 1.807) is 26.8 Å². The molecule has 0 bridgehead atoms. The number of H-pyrrole nitrogens is 1. The van der Waals surface area contributed by atoms with Crippen LogP contribution in [0.3, 0.4) is 0 Å². The molecule has 0 atom stereocenters. The van der Waals surface area contributed by atoms with Crippen LogP contribution in [0.25, 0.3) is 10.9 Å². The lowest BCUT2D eigenvalue weighted by Crippen LogP contribution is -2.25. The fraction of sp³-hybridized carbons (Fsp3) is 0.417. The highest BCUT2D eigenvalue weighted by atomic mass is 16.6. The molecule has 0 saturated heterocycles. The summed E-state index contributed by atoms with van der Waals surface area (Å²) in [4.78, 5) is 23.3. The number of carbonyl (C=O) groups excluding carboxylic acids is 1. The van der Waals surface area contributed by atoms with Crippen LogP contribution in [-0.2, 0) is 16.0 Å². The molecular weight excluding hydrogens is 248 g/mol. The summed E-state index contributed by atoms with van der Waals surface area (Å²) in [5, 5.41) is 14.0. The van der Waals surface area contributed by atoms with Crippen molar-refractivity contribution in [1.29, 1.82) is 0 Å². The number of hydrogen-bond donors (Lipinski definition) is 1. The van der Waals surface area contributed by atoms with E-state index in [1.165, 1.54) is 6.20 Å². The van der Waals surface area contributed by atoms with Crippen LogP contribution in [0.1, 0.15) is 26.5 Å². The first-order valence-electron chi connectivity index (χ1n) is 5.77. The van der Waals surface area contributed by atoms with Crippen molar-refractivity contribution in [1.82, 2.24) is 20.4 Å². The summed E-state index contributed by atoms with van der Waals surface area (Å²) in [6.07, 6.45) is 1.41. The van der Waals surface area contributed by atoms with Crippen molar-refractivity contribution in [2.45, 2.75) is 32.8 Å². The van der Waals surface area contributed by atoms with Crippen molar-refractivity contribution in [3.63, 3.8) is 0 Å². The zero-order valence-electron chi connectivity index (χ0n) is 10.9. The molecule has 19 heavy (non-hydrogen) atoms. The van der Waals surface area contributed by atoms with Crippen molar-refractivity contribution in [3.05, 3.63) is 28.3 Å². The Hall–Kier alpha value is -2.31. The normalized spacial score (nSPS) is 11.5. The first-order chi connectivity index (χ1) is 8.87. The van der Waals surface area contributed by atoms with Gasteiger partial charge in [-0.05, 0) is 26.8 Å². The summed E-state index contributed by atoms with van der Waals surface area (Å²) < 4.78 is 5.21. The van der Waals surface area contributed by atoms with Crippen LogP contribution < -0.4 is 5.56 Å². The number of aromatic amines is 1. The number of aromatic nitrogens is 4. The molecule has 0 aliphatic rings. The minimum absolute atomic E-state index is 0.0315. The van der Waals surface area contributed by atoms with Crippen LogP contribution >= 0.6 is 0 Å². The van der Waals surface area contributed by atoms with Crippen LogP contribution in [0, 0.1) is 0 Å². The summed E-state index contributed by atoms with van der Waals surface area (Å²) in [7, 11) is 0. The van der Waals surface area contributed by atoms with Crippen molar-refractivity contribution < 1.29 is 9.53 Å². The van der Waals surface area contributed by atoms with E-state index in [4.69, 9.17) is 4.74 Å². The fourth-order valence-electron chi connectivity index (χ4n) is 1.61. The predicted molar refractivity (Wildman–Crippen MR) is 67.5 cm³/mol. The number of fused-ring (bicyclic) bond motifs is 1. The Bertz CT molecular complexity index is 672. The number of esters is 1. The van der Waals surface area contributed by atoms with Gasteiger partial charge in [0.05, 0.1) is 18.3 Å². The van der Waals surface area contributed by atoms with Crippen molar-refractivity contribution in [3.8, 4) is 0 Å². The van der Waals surface area contributed by atoms with Crippen LogP contribution in [0.2, 0.25) is 0 Å². The monoisotopic (exact) mass is 262 g/mol. The second-order valence-electron chi connectivity index (χ2n) is 5.06. The molecule has 0 aliphatic carbocycles. The Labute approximate surface area is 109 Å². The fourth-order valence-corrected chi connectivity index (χ4v) is 1.61. The average molecular weight is 262 g/mol. The first-order valence-corrected chi connectivity index (χ1v) is 5.77. The van der Waals surface area contributed by atoms with Gasteiger partial charge in [0.1, 0.15) is 5.60 Å². The molecule has 0 unspecified atom stereocenters. The van der Waals surface area contributed by atoms with E-state index in [9.17, 15) is 9.59 Å². The predicted octanol–water partition coefficient (Wildman–Crippen LogP) is 0.597. The van der Waals surface area contributed by atoms with Gasteiger partial charge in [0.15, 0.2) is 5.52 Å². The lowest BCUT2D eigenvalue weighted by Gasteiger charge is -2.19. The van der Waals surface area contributed by atoms with Gasteiger partial charge in [0.2, 0.25) is 0 Å². The highest BCUT2D eigenvalue weighted by Crippen LogP contribution is 2.13. The third-order valence-corrected chi connectivity index (χ3v) is 2.27. The molecule has 100 valence electrons. The lowest BCUT2D eigenvalue weighted by atomic mass is 10.1. The Morgan fingerprint density at radius 1 is 1.42 bits per heavy atom. The van der Waals surface area contributed by atoms with Gasteiger partial charge in [0.25, 0.3) is 5.56 Å². The van der Waals surface area contributed by atoms with Crippen molar-refractivity contribution >= 4 is 16.9 Å². The highest BCUT2D eigenvalue weighted by molar-refractivity contribution is 5.83. The summed E-state index contributed by atoms with van der Waals surface area (Å²) >= 11 is 0. The van der Waals surface area contributed by atoms with Crippen molar-refractivity contribution in [2.75, 3.05) is 0 Å². The quantitative estimate of drug-likeness (QED) is 0.796. The molecule has 0 fully saturated rings. The summed E-state index contributed by atoms with van der Waals surface area (Å²) in [5.41, 5.74) is -0.416. The lowest BCUT2D eigenvalue weighted by molar-refractivity contribution is -0.153. The maximum Gasteiger partial charge on any atom is 0.312 e. The molecule has 0 saturated carbocycles. The summed E-state index contributed by atoms with van der Waals surface area (Å²) in [5.74, 6) is -0.412. The van der Waals surface area contributed by atoms with E-state index in [-0.39, 0.29) is 11.9 Å². The topological polar surface area (TPSA) is 97.8 Å². The Morgan fingerprint density at radius 2 is 2.16 bits per heavy atom. The molecule has 0 aromatic carbocycles. The number of hydrogen-bond acceptors (Lipinski definition) is 6. The number of ether oxygens (including phenoxy) is 1. The van der Waals surface area contributed by atoms with Gasteiger partial charge in [-0.1, -0.05) is 0 Å². The van der Waals surface area contributed by atoms with Gasteiger partial charge < -0.3 is 4.74 Å². The second-order valence-corrected chi connectivity index (χ2v) is 5.06. The summed E-state index contributed by atoms with van der Waals surface area (Å²) in [6.45, 7) is 5.36. The van der Waals surface area contributed by atoms with E-state index < -0.39 is 17.1 Å². The van der Waals surface area contributed by atoms with Gasteiger partial charge in [-0.25, -0.2) is 5.10 Å². The van der Waals surface area contributed by atoms with Crippen LogP contribution in [0.4, 0.5) is 0 Å². The number of rotatable bonds is 2. The highest BCUT2D eigenvalue weighted by Gasteiger charge is 2.18. The number of nitrogens with zero attached hydrogens (tertiary/aromatic N) is 3. The number of nitrogens with one attached hydrogen (secondary N) is 1. The maximum absolute atomic E-state index is 11.8. The largest absolute Gasteiger partial charge is 0.460 e. The third kappa shape index (κ3) is 3.12. The van der Waals surface area contributed by atoms with E-state index in [0.717, 1.165) is 0 Å². The molecule has 7 nitrogen and oxygen atoms in total. The molecule has 0 radical (unpaired) electrons. The van der Waals surface area contributed by atoms with E-state index in [0.29, 0.717) is 11.1 Å². The third-order valence-electron chi connectivity index (χ3n) is 2.27. The van der Waals surface area contributed by atoms with Gasteiger partial charge in [-0.2, -0.15) is 10.2 Å². The SMILES string of the molecule is CC(C)(C)OC(=O)Cc1n[nH]c(=O)c2nnccc12. The van der Waals surface area contributed by atoms with E-state index in [2.05, 4.69) is 20.4 Å². The summed E-state index contributed by atoms with van der Waals surface area (Å²) in [6, 6.07) is 1.60. The molecule has 0 aliphatic heterocycles. The van der Waals surface area contributed by atoms with Crippen LogP contribution in [0.5, 0.6) is 0 Å². The second kappa shape index (κ2) is 4.75.